The SMILES string of the molecule is CC1(C)CCC[N+](C)(O)C1(C)O. The van der Waals surface area contributed by atoms with Gasteiger partial charge < -0.3 is 5.11 Å². The molecule has 0 aromatic heterocycles. The zero-order valence-electron chi connectivity index (χ0n) is 8.46. The van der Waals surface area contributed by atoms with E-state index in [4.69, 9.17) is 0 Å². The van der Waals surface area contributed by atoms with Crippen LogP contribution in [-0.4, -0.2) is 34.3 Å². The Morgan fingerprint density at radius 1 is 1.25 bits per heavy atom. The molecule has 0 aromatic carbocycles. The highest BCUT2D eigenvalue weighted by Crippen LogP contribution is 2.44. The molecule has 0 bridgehead atoms. The molecule has 0 aromatic rings. The quantitative estimate of drug-likeness (QED) is 0.544. The molecule has 2 unspecified atom stereocenters. The van der Waals surface area contributed by atoms with Crippen LogP contribution < -0.4 is 0 Å². The Labute approximate surface area is 74.2 Å². The first-order valence-corrected chi connectivity index (χ1v) is 4.51. The highest BCUT2D eigenvalue weighted by molar-refractivity contribution is 4.84. The molecule has 1 aliphatic rings. The van der Waals surface area contributed by atoms with E-state index in [2.05, 4.69) is 0 Å². The van der Waals surface area contributed by atoms with E-state index in [9.17, 15) is 10.3 Å². The van der Waals surface area contributed by atoms with Crippen LogP contribution in [-0.2, 0) is 0 Å². The summed E-state index contributed by atoms with van der Waals surface area (Å²) in [6.07, 6.45) is 1.94. The van der Waals surface area contributed by atoms with Crippen molar-refractivity contribution < 1.29 is 15.0 Å². The van der Waals surface area contributed by atoms with E-state index < -0.39 is 5.72 Å². The highest BCUT2D eigenvalue weighted by Gasteiger charge is 2.56. The number of hydroxylamine groups is 3. The molecule has 0 radical (unpaired) electrons. The van der Waals surface area contributed by atoms with Gasteiger partial charge in [-0.15, -0.1) is 0 Å². The van der Waals surface area contributed by atoms with Gasteiger partial charge in [0.2, 0.25) is 5.72 Å². The van der Waals surface area contributed by atoms with Gasteiger partial charge in [-0.2, -0.15) is 4.65 Å². The minimum atomic E-state index is -1.04. The van der Waals surface area contributed by atoms with Crippen LogP contribution in [0.3, 0.4) is 0 Å². The Morgan fingerprint density at radius 2 is 1.75 bits per heavy atom. The Kier molecular flexibility index (Phi) is 2.02. The number of rotatable bonds is 0. The van der Waals surface area contributed by atoms with Gasteiger partial charge in [0.1, 0.15) is 13.6 Å². The zero-order valence-corrected chi connectivity index (χ0v) is 8.46. The van der Waals surface area contributed by atoms with Gasteiger partial charge in [0, 0.05) is 18.8 Å². The molecule has 0 amide bonds. The molecule has 12 heavy (non-hydrogen) atoms. The zero-order chi connectivity index (χ0) is 9.62. The van der Waals surface area contributed by atoms with E-state index in [1.165, 1.54) is 0 Å². The highest BCUT2D eigenvalue weighted by atomic mass is 16.6. The average Bonchev–Trinajstić information content (AvgIpc) is 1.83. The van der Waals surface area contributed by atoms with Crippen molar-refractivity contribution in [3.8, 4) is 0 Å². The number of aliphatic hydroxyl groups is 1. The summed E-state index contributed by atoms with van der Waals surface area (Å²) in [6.45, 7) is 6.35. The van der Waals surface area contributed by atoms with E-state index >= 15 is 0 Å². The topological polar surface area (TPSA) is 40.5 Å². The smallest absolute Gasteiger partial charge is 0.232 e. The van der Waals surface area contributed by atoms with Crippen molar-refractivity contribution in [3.63, 3.8) is 0 Å². The van der Waals surface area contributed by atoms with Crippen LogP contribution in [0.1, 0.15) is 33.6 Å². The molecule has 72 valence electrons. The molecular weight excluding hydrogens is 154 g/mol. The first-order chi connectivity index (χ1) is 5.21. The molecule has 1 fully saturated rings. The molecule has 0 saturated carbocycles. The minimum Gasteiger partial charge on any atom is -0.340 e. The maximum Gasteiger partial charge on any atom is 0.232 e. The van der Waals surface area contributed by atoms with Crippen molar-refractivity contribution in [3.05, 3.63) is 0 Å². The average molecular weight is 174 g/mol. The van der Waals surface area contributed by atoms with Crippen LogP contribution in [0.4, 0.5) is 0 Å². The number of hydrogen-bond donors (Lipinski definition) is 2. The molecule has 1 saturated heterocycles. The summed E-state index contributed by atoms with van der Waals surface area (Å²) in [4.78, 5) is 0. The number of piperidine rings is 1. The van der Waals surface area contributed by atoms with Crippen LogP contribution in [0.2, 0.25) is 0 Å². The molecule has 0 aliphatic carbocycles. The lowest BCUT2D eigenvalue weighted by Gasteiger charge is -2.51. The molecule has 3 nitrogen and oxygen atoms in total. The summed E-state index contributed by atoms with van der Waals surface area (Å²) in [6, 6.07) is 0. The van der Waals surface area contributed by atoms with Crippen molar-refractivity contribution in [2.24, 2.45) is 5.41 Å². The third-order valence-corrected chi connectivity index (χ3v) is 3.62. The number of quaternary nitrogens is 1. The minimum absolute atomic E-state index is 0.214. The molecule has 1 aliphatic heterocycles. The van der Waals surface area contributed by atoms with Crippen LogP contribution in [0.15, 0.2) is 0 Å². The van der Waals surface area contributed by atoms with E-state index in [0.717, 1.165) is 12.8 Å². The van der Waals surface area contributed by atoms with Crippen molar-refractivity contribution in [1.29, 1.82) is 0 Å². The van der Waals surface area contributed by atoms with Crippen molar-refractivity contribution in [2.45, 2.75) is 39.3 Å². The molecule has 1 rings (SSSR count). The van der Waals surface area contributed by atoms with Gasteiger partial charge in [-0.05, 0) is 6.42 Å². The summed E-state index contributed by atoms with van der Waals surface area (Å²) in [5.74, 6) is 0. The van der Waals surface area contributed by atoms with Crippen molar-refractivity contribution in [1.82, 2.24) is 0 Å². The first-order valence-electron chi connectivity index (χ1n) is 4.51. The molecule has 0 spiro atoms. The lowest BCUT2D eigenvalue weighted by Crippen LogP contribution is -2.68. The fourth-order valence-electron chi connectivity index (χ4n) is 1.94. The molecule has 1 heterocycles. The molecule has 2 atom stereocenters. The first kappa shape index (κ1) is 9.96. The Morgan fingerprint density at radius 3 is 2.08 bits per heavy atom. The molecule has 2 N–H and O–H groups in total. The number of nitrogens with zero attached hydrogens (tertiary/aromatic N) is 1. The Bertz CT molecular complexity index is 167. The second-order valence-corrected chi connectivity index (χ2v) is 4.87. The largest absolute Gasteiger partial charge is 0.340 e. The van der Waals surface area contributed by atoms with Gasteiger partial charge >= 0.3 is 0 Å². The van der Waals surface area contributed by atoms with Crippen LogP contribution in [0, 0.1) is 5.41 Å². The third-order valence-electron chi connectivity index (χ3n) is 3.62. The van der Waals surface area contributed by atoms with Crippen molar-refractivity contribution in [2.75, 3.05) is 13.6 Å². The van der Waals surface area contributed by atoms with E-state index in [1.54, 1.807) is 14.0 Å². The number of likely N-dealkylation sites (tertiary alicyclic amines) is 1. The predicted octanol–water partition coefficient (Wildman–Crippen LogP) is 1.35. The summed E-state index contributed by atoms with van der Waals surface area (Å²) in [5, 5.41) is 20.1. The lowest BCUT2D eigenvalue weighted by atomic mass is 9.74. The predicted molar refractivity (Wildman–Crippen MR) is 46.5 cm³/mol. The maximum atomic E-state index is 10.2. The van der Waals surface area contributed by atoms with Gasteiger partial charge in [-0.3, -0.25) is 0 Å². The second-order valence-electron chi connectivity index (χ2n) is 4.87. The van der Waals surface area contributed by atoms with E-state index in [0.29, 0.717) is 6.54 Å². The van der Waals surface area contributed by atoms with Gasteiger partial charge in [0.25, 0.3) is 0 Å². The van der Waals surface area contributed by atoms with Crippen LogP contribution >= 0.6 is 0 Å². The lowest BCUT2D eigenvalue weighted by molar-refractivity contribution is -1.15. The third kappa shape index (κ3) is 1.16. The van der Waals surface area contributed by atoms with Crippen molar-refractivity contribution >= 4 is 0 Å². The molecule has 3 heteroatoms. The summed E-state index contributed by atoms with van der Waals surface area (Å²) in [7, 11) is 1.67. The Balaban J connectivity index is 2.99. The monoisotopic (exact) mass is 174 g/mol. The fraction of sp³-hybridized carbons (Fsp3) is 1.00. The van der Waals surface area contributed by atoms with Crippen LogP contribution in [0.25, 0.3) is 0 Å². The standard InChI is InChI=1S/C9H20NO2/c1-8(2)6-5-7-10(4,12)9(8,3)11/h11-12H,5-7H2,1-4H3/q+1. The van der Waals surface area contributed by atoms with Crippen LogP contribution in [0.5, 0.6) is 0 Å². The second kappa shape index (κ2) is 2.44. The van der Waals surface area contributed by atoms with Gasteiger partial charge in [0.05, 0.1) is 0 Å². The maximum absolute atomic E-state index is 10.2. The fourth-order valence-corrected chi connectivity index (χ4v) is 1.94. The van der Waals surface area contributed by atoms with Gasteiger partial charge in [-0.25, -0.2) is 5.21 Å². The van der Waals surface area contributed by atoms with E-state index in [1.807, 2.05) is 13.8 Å². The van der Waals surface area contributed by atoms with Gasteiger partial charge in [0.15, 0.2) is 0 Å². The summed E-state index contributed by atoms with van der Waals surface area (Å²) >= 11 is 0. The summed E-state index contributed by atoms with van der Waals surface area (Å²) < 4.78 is -0.278. The number of hydrogen-bond acceptors (Lipinski definition) is 2. The Hall–Kier alpha value is -0.120. The normalized spacial score (nSPS) is 47.5. The van der Waals surface area contributed by atoms with Gasteiger partial charge in [-0.1, -0.05) is 13.8 Å². The summed E-state index contributed by atoms with van der Waals surface area (Å²) in [5.41, 5.74) is -1.25. The van der Waals surface area contributed by atoms with E-state index in [-0.39, 0.29) is 10.1 Å². The molecular formula is C9H20NO2+.